The van der Waals surface area contributed by atoms with Crippen LogP contribution in [0.1, 0.15) is 33.0 Å². The molecule has 0 aromatic heterocycles. The number of Topliss-reactive ketones (excluding diaryl/α,β-unsaturated/α-hetero) is 1. The van der Waals surface area contributed by atoms with Crippen molar-refractivity contribution in [2.24, 2.45) is 5.92 Å². The van der Waals surface area contributed by atoms with Gasteiger partial charge < -0.3 is 10.2 Å². The number of benzene rings is 2. The van der Waals surface area contributed by atoms with Crippen LogP contribution in [0.25, 0.3) is 0 Å². The molecule has 114 valence electrons. The smallest absolute Gasteiger partial charge is 0.323 e. The summed E-state index contributed by atoms with van der Waals surface area (Å²) in [6.07, 6.45) is 0. The number of carboxylic acid groups (broad SMARTS) is 2. The molecular weight excluding hydrogens is 296 g/mol. The molecule has 0 fully saturated rings. The van der Waals surface area contributed by atoms with E-state index in [1.54, 1.807) is 48.5 Å². The van der Waals surface area contributed by atoms with E-state index in [1.807, 2.05) is 0 Å². The van der Waals surface area contributed by atoms with E-state index >= 15 is 0 Å². The Balaban J connectivity index is 2.19. The molecule has 23 heavy (non-hydrogen) atoms. The first kappa shape index (κ1) is 13.7. The van der Waals surface area contributed by atoms with Crippen LogP contribution in [0.4, 0.5) is 0 Å². The van der Waals surface area contributed by atoms with Gasteiger partial charge in [-0.2, -0.15) is 0 Å². The zero-order valence-electron chi connectivity index (χ0n) is 11.9. The fourth-order valence-electron chi connectivity index (χ4n) is 4.20. The molecule has 0 radical (unpaired) electrons. The summed E-state index contributed by atoms with van der Waals surface area (Å²) in [4.78, 5) is 37.2. The minimum Gasteiger partial charge on any atom is -0.481 e. The summed E-state index contributed by atoms with van der Waals surface area (Å²) in [6, 6.07) is 13.3. The van der Waals surface area contributed by atoms with Gasteiger partial charge in [0.15, 0.2) is 11.2 Å². The maximum atomic E-state index is 13.1. The van der Waals surface area contributed by atoms with Gasteiger partial charge in [-0.05, 0) is 16.7 Å². The topological polar surface area (TPSA) is 91.7 Å². The van der Waals surface area contributed by atoms with Gasteiger partial charge in [0.05, 0.1) is 5.92 Å². The quantitative estimate of drug-likeness (QED) is 0.828. The molecule has 2 aliphatic carbocycles. The molecule has 0 heterocycles. The van der Waals surface area contributed by atoms with Gasteiger partial charge in [-0.25, -0.2) is 0 Å². The highest BCUT2D eigenvalue weighted by atomic mass is 16.4. The van der Waals surface area contributed by atoms with Crippen molar-refractivity contribution >= 4 is 17.7 Å². The third kappa shape index (κ3) is 1.39. The monoisotopic (exact) mass is 308 g/mol. The van der Waals surface area contributed by atoms with Crippen molar-refractivity contribution in [3.63, 3.8) is 0 Å². The largest absolute Gasteiger partial charge is 0.481 e. The minimum atomic E-state index is -2.05. The highest BCUT2D eigenvalue weighted by molar-refractivity contribution is 6.22. The van der Waals surface area contributed by atoms with Crippen LogP contribution in [-0.4, -0.2) is 27.9 Å². The van der Waals surface area contributed by atoms with Crippen LogP contribution in [0.3, 0.4) is 0 Å². The minimum absolute atomic E-state index is 0.297. The number of aliphatic carboxylic acids is 2. The van der Waals surface area contributed by atoms with Gasteiger partial charge in [-0.1, -0.05) is 48.5 Å². The summed E-state index contributed by atoms with van der Waals surface area (Å²) in [6.45, 7) is 0. The number of carboxylic acids is 2. The van der Waals surface area contributed by atoms with Crippen LogP contribution in [-0.2, 0) is 15.0 Å². The Morgan fingerprint density at radius 2 is 1.52 bits per heavy atom. The maximum absolute atomic E-state index is 13.1. The van der Waals surface area contributed by atoms with Crippen LogP contribution in [0.2, 0.25) is 0 Å². The molecule has 2 aromatic carbocycles. The molecule has 2 aromatic rings. The summed E-state index contributed by atoms with van der Waals surface area (Å²) in [7, 11) is 0. The van der Waals surface area contributed by atoms with Crippen molar-refractivity contribution in [1.29, 1.82) is 0 Å². The van der Waals surface area contributed by atoms with Crippen molar-refractivity contribution in [1.82, 2.24) is 0 Å². The fourth-order valence-corrected chi connectivity index (χ4v) is 4.20. The van der Waals surface area contributed by atoms with Crippen molar-refractivity contribution in [2.75, 3.05) is 0 Å². The van der Waals surface area contributed by atoms with Crippen molar-refractivity contribution < 1.29 is 24.6 Å². The molecule has 2 bridgehead atoms. The molecular formula is C18H12O5. The van der Waals surface area contributed by atoms with Crippen LogP contribution in [0.5, 0.6) is 0 Å². The molecule has 0 spiro atoms. The highest BCUT2D eigenvalue weighted by Crippen LogP contribution is 2.58. The number of carbonyl (C=O) groups excluding carboxylic acids is 1. The molecule has 0 amide bonds. The van der Waals surface area contributed by atoms with Gasteiger partial charge in [-0.3, -0.25) is 14.4 Å². The maximum Gasteiger partial charge on any atom is 0.323 e. The van der Waals surface area contributed by atoms with Gasteiger partial charge in [0.1, 0.15) is 0 Å². The summed E-state index contributed by atoms with van der Waals surface area (Å²) >= 11 is 0. The summed E-state index contributed by atoms with van der Waals surface area (Å²) < 4.78 is 0. The van der Waals surface area contributed by atoms with Crippen LogP contribution < -0.4 is 0 Å². The van der Waals surface area contributed by atoms with Crippen LogP contribution in [0.15, 0.2) is 48.5 Å². The Kier molecular flexibility index (Phi) is 2.55. The van der Waals surface area contributed by atoms with E-state index in [2.05, 4.69) is 0 Å². The average molecular weight is 308 g/mol. The number of fused-ring (bicyclic) bond motifs is 7. The molecule has 3 atom stereocenters. The lowest BCUT2D eigenvalue weighted by molar-refractivity contribution is -0.153. The van der Waals surface area contributed by atoms with Crippen LogP contribution >= 0.6 is 0 Å². The van der Waals surface area contributed by atoms with Gasteiger partial charge in [-0.15, -0.1) is 0 Å². The van der Waals surface area contributed by atoms with Gasteiger partial charge in [0.25, 0.3) is 0 Å². The van der Waals surface area contributed by atoms with E-state index in [4.69, 9.17) is 0 Å². The molecule has 0 saturated heterocycles. The van der Waals surface area contributed by atoms with E-state index in [0.717, 1.165) is 0 Å². The molecule has 5 heteroatoms. The summed E-state index contributed by atoms with van der Waals surface area (Å²) in [5.74, 6) is -5.28. The standard InChI is InChI=1S/C18H12O5/c19-15-10-6-2-1-5-9(10)13-11-7-3-4-8-12(11)18(15,17(22)23)14(13)16(20)21/h1-8,13-14H,(H,20,21)(H,22,23)/t13-,14-,18+/m0/s1. The summed E-state index contributed by atoms with van der Waals surface area (Å²) in [5, 5.41) is 19.6. The number of rotatable bonds is 2. The second kappa shape index (κ2) is 4.29. The number of ketones is 1. The number of carbonyl (C=O) groups is 3. The first-order valence-electron chi connectivity index (χ1n) is 7.20. The van der Waals surface area contributed by atoms with E-state index in [1.165, 1.54) is 0 Å². The lowest BCUT2D eigenvalue weighted by Gasteiger charge is -2.35. The lowest BCUT2D eigenvalue weighted by atomic mass is 9.62. The molecule has 0 aliphatic heterocycles. The Hall–Kier alpha value is -2.95. The van der Waals surface area contributed by atoms with E-state index in [9.17, 15) is 24.6 Å². The van der Waals surface area contributed by atoms with E-state index in [-0.39, 0.29) is 0 Å². The zero-order valence-corrected chi connectivity index (χ0v) is 11.9. The lowest BCUT2D eigenvalue weighted by Crippen LogP contribution is -2.53. The van der Waals surface area contributed by atoms with Gasteiger partial charge in [0, 0.05) is 11.5 Å². The molecule has 2 aliphatic rings. The SMILES string of the molecule is O=C(O)[C@@H]1[C@H]2c3ccccc3C(=O)[C@@]1(C(=O)O)c1ccccc12. The first-order valence-corrected chi connectivity index (χ1v) is 7.20. The van der Waals surface area contributed by atoms with Crippen LogP contribution in [0, 0.1) is 5.92 Å². The zero-order chi connectivity index (χ0) is 16.4. The second-order valence-corrected chi connectivity index (χ2v) is 5.91. The Morgan fingerprint density at radius 3 is 2.17 bits per heavy atom. The first-order chi connectivity index (χ1) is 11.0. The summed E-state index contributed by atoms with van der Waals surface area (Å²) in [5.41, 5.74) is -0.256. The predicted molar refractivity (Wildman–Crippen MR) is 79.5 cm³/mol. The number of hydrogen-bond acceptors (Lipinski definition) is 3. The molecule has 4 rings (SSSR count). The van der Waals surface area contributed by atoms with E-state index < -0.39 is 35.0 Å². The predicted octanol–water partition coefficient (Wildman–Crippen LogP) is 2.05. The Morgan fingerprint density at radius 1 is 0.913 bits per heavy atom. The van der Waals surface area contributed by atoms with Crippen molar-refractivity contribution in [3.05, 3.63) is 70.8 Å². The average Bonchev–Trinajstić information content (AvgIpc) is 2.82. The van der Waals surface area contributed by atoms with Crippen molar-refractivity contribution in [2.45, 2.75) is 11.3 Å². The molecule has 2 N–H and O–H groups in total. The Labute approximate surface area is 131 Å². The molecule has 5 nitrogen and oxygen atoms in total. The second-order valence-electron chi connectivity index (χ2n) is 5.91. The number of hydrogen-bond donors (Lipinski definition) is 2. The third-order valence-corrected chi connectivity index (χ3v) is 5.02. The Bertz CT molecular complexity index is 884. The van der Waals surface area contributed by atoms with Gasteiger partial charge in [0.2, 0.25) is 0 Å². The van der Waals surface area contributed by atoms with Gasteiger partial charge >= 0.3 is 11.9 Å². The fraction of sp³-hybridized carbons (Fsp3) is 0.167. The highest BCUT2D eigenvalue weighted by Gasteiger charge is 2.68. The van der Waals surface area contributed by atoms with Crippen molar-refractivity contribution in [3.8, 4) is 0 Å². The molecule has 0 saturated carbocycles. The molecule has 0 unspecified atom stereocenters. The van der Waals surface area contributed by atoms with E-state index in [0.29, 0.717) is 22.3 Å². The normalized spacial score (nSPS) is 27.2. The third-order valence-electron chi connectivity index (χ3n) is 5.02.